The van der Waals surface area contributed by atoms with Gasteiger partial charge in [-0.15, -0.1) is 0 Å². The Labute approximate surface area is 445 Å². The first-order chi connectivity index (χ1) is 35.9. The fourth-order valence-corrected chi connectivity index (χ4v) is 2.52. The molecule has 0 aromatic carbocycles. The van der Waals surface area contributed by atoms with Gasteiger partial charge in [0, 0.05) is 6.42 Å². The van der Waals surface area contributed by atoms with Crippen molar-refractivity contribution in [1.29, 1.82) is 0 Å². The molecule has 31 N–H and O–H groups in total. The lowest BCUT2D eigenvalue weighted by Gasteiger charge is -2.01. The number of carboxylic acid groups (broad SMARTS) is 1. The first kappa shape index (κ1) is 99.6. The van der Waals surface area contributed by atoms with Crippen LogP contribution in [-0.2, 0) is 4.79 Å². The van der Waals surface area contributed by atoms with Crippen molar-refractivity contribution in [3.63, 3.8) is 0 Å². The van der Waals surface area contributed by atoms with Gasteiger partial charge in [0.25, 0.3) is 0 Å². The average molecular weight is 1150 g/mol. The number of carboxylic acids is 1. The van der Waals surface area contributed by atoms with Crippen LogP contribution in [0.3, 0.4) is 0 Å². The van der Waals surface area contributed by atoms with Crippen LogP contribution in [0.2, 0.25) is 0 Å². The fraction of sp³-hybridized carbons (Fsp3) is 0.977. The maximum absolute atomic E-state index is 10.3. The zero-order valence-electron chi connectivity index (χ0n) is 44.2. The molecule has 0 rings (SSSR count). The van der Waals surface area contributed by atoms with Crippen LogP contribution >= 0.6 is 0 Å². The van der Waals surface area contributed by atoms with Gasteiger partial charge in [0.1, 0.15) is 61.0 Å². The van der Waals surface area contributed by atoms with E-state index >= 15 is 0 Å². The van der Waals surface area contributed by atoms with Crippen molar-refractivity contribution in [2.45, 2.75) is 145 Å². The number of hydrogen-bond acceptors (Lipinski definition) is 31. The number of aliphatic hydroxyl groups is 30. The predicted molar refractivity (Wildman–Crippen MR) is 270 cm³/mol. The zero-order valence-corrected chi connectivity index (χ0v) is 44.2. The third-order valence-electron chi connectivity index (χ3n) is 7.21. The van der Waals surface area contributed by atoms with Crippen LogP contribution in [0.15, 0.2) is 0 Å². The summed E-state index contributed by atoms with van der Waals surface area (Å²) in [6.07, 6.45) is 4.82. The Hall–Kier alpha value is -1.73. The van der Waals surface area contributed by atoms with Crippen LogP contribution in [0.25, 0.3) is 0 Å². The Balaban J connectivity index is -0.0000000696. The van der Waals surface area contributed by atoms with E-state index in [-0.39, 0.29) is 132 Å². The number of aliphatic carboxylic acids is 1. The molecule has 32 heteroatoms. The van der Waals surface area contributed by atoms with Crippen LogP contribution in [0.5, 0.6) is 0 Å². The summed E-state index contributed by atoms with van der Waals surface area (Å²) in [6.45, 7) is -5.04. The zero-order chi connectivity index (χ0) is 62.0. The first-order valence-electron chi connectivity index (χ1n) is 24.1. The molecule has 0 amide bonds. The van der Waals surface area contributed by atoms with Gasteiger partial charge < -0.3 is 158 Å². The number of aliphatic hydroxyl groups excluding tert-OH is 30. The van der Waals surface area contributed by atoms with Gasteiger partial charge in [-0.2, -0.15) is 0 Å². The van der Waals surface area contributed by atoms with Gasteiger partial charge in [0.15, 0.2) is 0 Å². The monoisotopic (exact) mass is 1150 g/mol. The van der Waals surface area contributed by atoms with E-state index < -0.39 is 67.0 Å². The lowest BCUT2D eigenvalue weighted by atomic mass is 10.1. The molecular formula is C44H108O32. The Morgan fingerprint density at radius 2 is 0.329 bits per heavy atom. The minimum atomic E-state index is -0.954. The fourth-order valence-electron chi connectivity index (χ4n) is 2.52. The Bertz CT molecular complexity index is 692. The molecule has 0 heterocycles. The summed E-state index contributed by atoms with van der Waals surface area (Å²) in [4.78, 5) is 10.3. The molecule has 0 bridgehead atoms. The van der Waals surface area contributed by atoms with E-state index in [0.29, 0.717) is 6.42 Å². The van der Waals surface area contributed by atoms with Gasteiger partial charge in [-0.3, -0.25) is 4.79 Å². The number of unbranched alkanes of at least 4 members (excludes halogenated alkanes) is 10. The maximum Gasteiger partial charge on any atom is 0.303 e. The standard InChI is InChI=1S/C14H28O2.10C3H8O3/c1-2-3-4-5-6-7-8-9-10-11-12-13-14(15)16;10*4-1-3(6)2-5/h2-13H2,1H3,(H,15,16);10*3-6H,1-2H2. The molecule has 0 fully saturated rings. The summed E-state index contributed by atoms with van der Waals surface area (Å²) in [5, 5.41) is 249. The highest BCUT2D eigenvalue weighted by molar-refractivity contribution is 5.66. The van der Waals surface area contributed by atoms with Crippen molar-refractivity contribution >= 4 is 5.97 Å². The lowest BCUT2D eigenvalue weighted by molar-refractivity contribution is -0.137. The molecule has 0 saturated carbocycles. The Morgan fingerprint density at radius 3 is 0.408 bits per heavy atom. The van der Waals surface area contributed by atoms with Gasteiger partial charge in [-0.25, -0.2) is 0 Å². The van der Waals surface area contributed by atoms with Gasteiger partial charge >= 0.3 is 5.97 Å². The number of carbonyl (C=O) groups is 1. The highest BCUT2D eigenvalue weighted by Gasteiger charge is 2.00. The SMILES string of the molecule is CCCCCCCCCCCCCC(=O)O.OCC(O)CO.OCC(O)CO.OCC(O)CO.OCC(O)CO.OCC(O)CO.OCC(O)CO.OCC(O)CO.OCC(O)CO.OCC(O)CO.OCC(O)CO. The summed E-state index contributed by atoms with van der Waals surface area (Å²) in [5.41, 5.74) is 0. The molecule has 0 aromatic heterocycles. The summed E-state index contributed by atoms with van der Waals surface area (Å²) < 4.78 is 0. The smallest absolute Gasteiger partial charge is 0.303 e. The second kappa shape index (κ2) is 95.6. The molecule has 476 valence electrons. The van der Waals surface area contributed by atoms with Crippen molar-refractivity contribution in [1.82, 2.24) is 0 Å². The summed E-state index contributed by atoms with van der Waals surface area (Å²) in [5.74, 6) is -0.657. The van der Waals surface area contributed by atoms with Crippen molar-refractivity contribution < 1.29 is 163 Å². The molecule has 0 saturated heterocycles. The van der Waals surface area contributed by atoms with E-state index in [0.717, 1.165) is 12.8 Å². The molecule has 0 unspecified atom stereocenters. The van der Waals surface area contributed by atoms with E-state index in [4.69, 9.17) is 158 Å². The van der Waals surface area contributed by atoms with Crippen molar-refractivity contribution in [3.05, 3.63) is 0 Å². The third kappa shape index (κ3) is 140. The third-order valence-corrected chi connectivity index (χ3v) is 7.21. The minimum absolute atomic E-state index is 0.344. The molecule has 0 aliphatic carbocycles. The van der Waals surface area contributed by atoms with Crippen LogP contribution in [0.1, 0.15) is 84.0 Å². The molecule has 0 aliphatic heterocycles. The highest BCUT2D eigenvalue weighted by atomic mass is 16.4. The van der Waals surface area contributed by atoms with E-state index in [2.05, 4.69) is 6.92 Å². The summed E-state index contributed by atoms with van der Waals surface area (Å²) >= 11 is 0. The van der Waals surface area contributed by atoms with Crippen molar-refractivity contribution in [2.24, 2.45) is 0 Å². The van der Waals surface area contributed by atoms with Crippen molar-refractivity contribution in [2.75, 3.05) is 132 Å². The Kier molecular flexibility index (Phi) is 125. The van der Waals surface area contributed by atoms with Gasteiger partial charge in [0.2, 0.25) is 0 Å². The van der Waals surface area contributed by atoms with E-state index in [1.165, 1.54) is 57.8 Å². The van der Waals surface area contributed by atoms with Crippen LogP contribution in [-0.4, -0.2) is 357 Å². The van der Waals surface area contributed by atoms with Gasteiger partial charge in [-0.05, 0) is 6.42 Å². The summed E-state index contributed by atoms with van der Waals surface area (Å²) in [7, 11) is 0. The van der Waals surface area contributed by atoms with E-state index in [1.54, 1.807) is 0 Å². The molecule has 0 spiro atoms. The quantitative estimate of drug-likeness (QED) is 0.0278. The number of rotatable bonds is 32. The van der Waals surface area contributed by atoms with E-state index in [9.17, 15) is 4.79 Å². The molecule has 0 atom stereocenters. The highest BCUT2D eigenvalue weighted by Crippen LogP contribution is 2.11. The maximum atomic E-state index is 10.3. The molecule has 76 heavy (non-hydrogen) atoms. The number of hydrogen-bond donors (Lipinski definition) is 31. The van der Waals surface area contributed by atoms with Crippen molar-refractivity contribution in [3.8, 4) is 0 Å². The normalized spacial score (nSPS) is 10.1. The first-order valence-corrected chi connectivity index (χ1v) is 24.1. The van der Waals surface area contributed by atoms with E-state index in [1.807, 2.05) is 0 Å². The second-order valence-electron chi connectivity index (χ2n) is 14.9. The molecular weight excluding hydrogens is 1040 g/mol. The van der Waals surface area contributed by atoms with Gasteiger partial charge in [0.05, 0.1) is 132 Å². The second-order valence-corrected chi connectivity index (χ2v) is 14.9. The van der Waals surface area contributed by atoms with Crippen LogP contribution in [0, 0.1) is 0 Å². The molecule has 32 nitrogen and oxygen atoms in total. The average Bonchev–Trinajstić information content (AvgIpc) is 3.47. The largest absolute Gasteiger partial charge is 0.481 e. The Morgan fingerprint density at radius 1 is 0.224 bits per heavy atom. The predicted octanol–water partition coefficient (Wildman–Crippen LogP) is -11.9. The summed E-state index contributed by atoms with van der Waals surface area (Å²) in [6, 6.07) is 0. The lowest BCUT2D eigenvalue weighted by Crippen LogP contribution is -2.15. The van der Waals surface area contributed by atoms with Gasteiger partial charge in [-0.1, -0.05) is 71.1 Å². The van der Waals surface area contributed by atoms with Crippen LogP contribution < -0.4 is 0 Å². The minimum Gasteiger partial charge on any atom is -0.481 e. The molecule has 0 aliphatic rings. The molecule has 0 aromatic rings. The van der Waals surface area contributed by atoms with Crippen LogP contribution in [0.4, 0.5) is 0 Å². The molecule has 0 radical (unpaired) electrons. The topological polar surface area (TPSA) is 644 Å².